The fraction of sp³-hybridized carbons (Fsp3) is 0.520. The van der Waals surface area contributed by atoms with Gasteiger partial charge in [0.25, 0.3) is 5.91 Å². The Hall–Kier alpha value is -2.42. The van der Waals surface area contributed by atoms with Crippen molar-refractivity contribution in [1.29, 1.82) is 0 Å². The van der Waals surface area contributed by atoms with Gasteiger partial charge in [0.2, 0.25) is 0 Å². The highest BCUT2D eigenvalue weighted by Crippen LogP contribution is 2.34. The number of rotatable bonds is 5. The summed E-state index contributed by atoms with van der Waals surface area (Å²) in [4.78, 5) is 22.2. The van der Waals surface area contributed by atoms with E-state index in [2.05, 4.69) is 36.1 Å². The van der Waals surface area contributed by atoms with Crippen molar-refractivity contribution in [2.24, 2.45) is 4.99 Å². The molecule has 0 radical (unpaired) electrons. The average Bonchev–Trinajstić information content (AvgIpc) is 3.36. The number of halogens is 2. The third-order valence-corrected chi connectivity index (χ3v) is 7.52. The van der Waals surface area contributed by atoms with Crippen molar-refractivity contribution in [1.82, 2.24) is 20.2 Å². The highest BCUT2D eigenvalue weighted by Gasteiger charge is 2.41. The number of fused-ring (bicyclic) bond motifs is 2. The number of hydrogen-bond donors (Lipinski definition) is 1. The molecule has 4 atom stereocenters. The number of piperidine rings is 1. The molecule has 4 aliphatic rings. The van der Waals surface area contributed by atoms with Crippen molar-refractivity contribution in [3.63, 3.8) is 0 Å². The highest BCUT2D eigenvalue weighted by atomic mass is 35.5. The van der Waals surface area contributed by atoms with Crippen molar-refractivity contribution < 1.29 is 13.9 Å². The molecular weight excluding hydrogens is 457 g/mol. The largest absolute Gasteiger partial charge is 0.489 e. The molecular formula is C25H31ClFN5O2. The molecule has 0 bridgehead atoms. The normalized spacial score (nSPS) is 28.8. The van der Waals surface area contributed by atoms with E-state index in [4.69, 9.17) is 16.3 Å². The Morgan fingerprint density at radius 3 is 2.91 bits per heavy atom. The number of ether oxygens (including phenoxy) is 1. The van der Waals surface area contributed by atoms with Crippen LogP contribution in [0.4, 0.5) is 4.39 Å². The van der Waals surface area contributed by atoms with E-state index in [1.54, 1.807) is 23.4 Å². The lowest BCUT2D eigenvalue weighted by atomic mass is 9.92. The molecule has 2 fully saturated rings. The molecule has 1 N–H and O–H groups in total. The van der Waals surface area contributed by atoms with E-state index in [1.165, 1.54) is 12.1 Å². The van der Waals surface area contributed by atoms with Gasteiger partial charge >= 0.3 is 0 Å². The van der Waals surface area contributed by atoms with Crippen LogP contribution >= 0.6 is 11.6 Å². The number of hydrazine groups is 1. The number of aliphatic imine (C=N–C) groups is 1. The number of carbonyl (C=O) groups excluding carboxylic acids is 1. The second-order valence-electron chi connectivity index (χ2n) is 9.45. The maximum atomic E-state index is 14.2. The van der Waals surface area contributed by atoms with Crippen LogP contribution in [-0.4, -0.2) is 70.8 Å². The SMILES string of the molecule is CCC1C[C@@H](Oc2cc(F)ccc2C(=O)N2CC3=C4N=CC(Cl)=CN4NC3C2)CC(C)N1CC. The van der Waals surface area contributed by atoms with E-state index in [0.29, 0.717) is 41.5 Å². The number of likely N-dealkylation sites (tertiary alicyclic amines) is 2. The minimum atomic E-state index is -0.404. The number of carbonyl (C=O) groups is 1. The maximum absolute atomic E-state index is 14.2. The third kappa shape index (κ3) is 4.23. The Morgan fingerprint density at radius 1 is 1.32 bits per heavy atom. The molecule has 9 heteroatoms. The zero-order chi connectivity index (χ0) is 24.0. The lowest BCUT2D eigenvalue weighted by molar-refractivity contribution is 0.0200. The van der Waals surface area contributed by atoms with Crippen LogP contribution in [0.1, 0.15) is 50.4 Å². The summed E-state index contributed by atoms with van der Waals surface area (Å²) in [5.74, 6) is 0.544. The van der Waals surface area contributed by atoms with Crippen LogP contribution in [0.2, 0.25) is 0 Å². The Morgan fingerprint density at radius 2 is 2.15 bits per heavy atom. The minimum Gasteiger partial charge on any atom is -0.489 e. The molecule has 4 heterocycles. The fourth-order valence-corrected chi connectivity index (χ4v) is 5.86. The van der Waals surface area contributed by atoms with Gasteiger partial charge < -0.3 is 9.64 Å². The van der Waals surface area contributed by atoms with Crippen molar-refractivity contribution >= 4 is 23.7 Å². The van der Waals surface area contributed by atoms with Gasteiger partial charge in [-0.3, -0.25) is 14.7 Å². The summed E-state index contributed by atoms with van der Waals surface area (Å²) in [6, 6.07) is 4.99. The van der Waals surface area contributed by atoms with E-state index in [9.17, 15) is 9.18 Å². The highest BCUT2D eigenvalue weighted by molar-refractivity contribution is 6.39. The van der Waals surface area contributed by atoms with Crippen molar-refractivity contribution in [3.8, 4) is 5.75 Å². The summed E-state index contributed by atoms with van der Waals surface area (Å²) in [5.41, 5.74) is 4.77. The topological polar surface area (TPSA) is 60.4 Å². The molecule has 34 heavy (non-hydrogen) atoms. The first-order chi connectivity index (χ1) is 16.4. The van der Waals surface area contributed by atoms with Crippen LogP contribution in [0.25, 0.3) is 0 Å². The molecule has 4 aliphatic heterocycles. The quantitative estimate of drug-likeness (QED) is 0.683. The van der Waals surface area contributed by atoms with Gasteiger partial charge in [-0.25, -0.2) is 14.8 Å². The second kappa shape index (κ2) is 9.32. The fourth-order valence-electron chi connectivity index (χ4n) is 5.72. The molecule has 5 rings (SSSR count). The molecule has 0 saturated carbocycles. The van der Waals surface area contributed by atoms with Gasteiger partial charge in [0.05, 0.1) is 16.6 Å². The van der Waals surface area contributed by atoms with Gasteiger partial charge in [-0.05, 0) is 44.9 Å². The lowest BCUT2D eigenvalue weighted by Crippen LogP contribution is -2.50. The number of amides is 1. The molecule has 0 aliphatic carbocycles. The van der Waals surface area contributed by atoms with Crippen LogP contribution < -0.4 is 10.2 Å². The van der Waals surface area contributed by atoms with Crippen LogP contribution in [0.15, 0.2) is 45.8 Å². The summed E-state index contributed by atoms with van der Waals surface area (Å²) >= 11 is 6.05. The van der Waals surface area contributed by atoms with Crippen LogP contribution in [-0.2, 0) is 0 Å². The van der Waals surface area contributed by atoms with E-state index < -0.39 is 5.82 Å². The molecule has 0 spiro atoms. The minimum absolute atomic E-state index is 0.0238. The molecule has 2 saturated heterocycles. The summed E-state index contributed by atoms with van der Waals surface area (Å²) < 4.78 is 20.6. The first kappa shape index (κ1) is 23.3. The van der Waals surface area contributed by atoms with E-state index in [0.717, 1.165) is 37.2 Å². The molecule has 0 aromatic heterocycles. The number of hydrogen-bond acceptors (Lipinski definition) is 6. The molecule has 1 amide bonds. The zero-order valence-electron chi connectivity index (χ0n) is 19.8. The van der Waals surface area contributed by atoms with Gasteiger partial charge in [-0.1, -0.05) is 25.4 Å². The van der Waals surface area contributed by atoms with Crippen molar-refractivity contribution in [3.05, 3.63) is 52.2 Å². The second-order valence-corrected chi connectivity index (χ2v) is 9.89. The van der Waals surface area contributed by atoms with Gasteiger partial charge in [-0.2, -0.15) is 0 Å². The van der Waals surface area contributed by atoms with Gasteiger partial charge in [-0.15, -0.1) is 0 Å². The summed E-state index contributed by atoms with van der Waals surface area (Å²) in [6.07, 6.45) is 6.09. The van der Waals surface area contributed by atoms with Crippen LogP contribution in [0.3, 0.4) is 0 Å². The number of nitrogens with one attached hydrogen (secondary N) is 1. The first-order valence-electron chi connectivity index (χ1n) is 12.1. The lowest BCUT2D eigenvalue weighted by Gasteiger charge is -2.43. The summed E-state index contributed by atoms with van der Waals surface area (Å²) in [7, 11) is 0. The maximum Gasteiger partial charge on any atom is 0.257 e. The number of nitrogens with zero attached hydrogens (tertiary/aromatic N) is 4. The third-order valence-electron chi connectivity index (χ3n) is 7.32. The molecule has 182 valence electrons. The predicted octanol–water partition coefficient (Wildman–Crippen LogP) is 3.88. The first-order valence-corrected chi connectivity index (χ1v) is 12.5. The van der Waals surface area contributed by atoms with Gasteiger partial charge in [0.1, 0.15) is 23.5 Å². The molecule has 7 nitrogen and oxygen atoms in total. The molecule has 1 aromatic rings. The van der Waals surface area contributed by atoms with Gasteiger partial charge in [0.15, 0.2) is 0 Å². The van der Waals surface area contributed by atoms with E-state index >= 15 is 0 Å². The average molecular weight is 488 g/mol. The predicted molar refractivity (Wildman–Crippen MR) is 130 cm³/mol. The van der Waals surface area contributed by atoms with Gasteiger partial charge in [0, 0.05) is 49.2 Å². The Labute approximate surface area is 204 Å². The molecule has 1 aromatic carbocycles. The molecule has 3 unspecified atom stereocenters. The van der Waals surface area contributed by atoms with Crippen LogP contribution in [0.5, 0.6) is 5.75 Å². The number of allylic oxidation sites excluding steroid dienone is 1. The Balaban J connectivity index is 1.34. The van der Waals surface area contributed by atoms with Crippen LogP contribution in [0, 0.1) is 5.82 Å². The summed E-state index contributed by atoms with van der Waals surface area (Å²) in [6.45, 7) is 8.53. The number of benzene rings is 1. The monoisotopic (exact) mass is 487 g/mol. The van der Waals surface area contributed by atoms with Crippen molar-refractivity contribution in [2.45, 2.75) is 64.3 Å². The smallest absolute Gasteiger partial charge is 0.257 e. The Kier molecular flexibility index (Phi) is 6.39. The van der Waals surface area contributed by atoms with E-state index in [1.807, 2.05) is 5.01 Å². The summed E-state index contributed by atoms with van der Waals surface area (Å²) in [5, 5.41) is 2.35. The Bertz CT molecular complexity index is 1070. The van der Waals surface area contributed by atoms with E-state index in [-0.39, 0.29) is 18.1 Å². The standard InChI is InChI=1S/C25H31ClFN5O2/c1-4-18-10-19(8-15(3)31(18)5-2)34-23-9-17(27)6-7-20(23)25(33)30-13-21-22(14-30)29-32-12-16(26)11-28-24(21)32/h6-7,9,11-12,15,18-19,22,29H,4-5,8,10,13-14H2,1-3H3/t15?,18?,19-,22?/m0/s1. The zero-order valence-corrected chi connectivity index (χ0v) is 20.6. The van der Waals surface area contributed by atoms with Crippen molar-refractivity contribution in [2.75, 3.05) is 19.6 Å².